The van der Waals surface area contributed by atoms with E-state index >= 15 is 0 Å². The number of thiophene rings is 2. The first-order valence-electron chi connectivity index (χ1n) is 17.8. The highest BCUT2D eigenvalue weighted by Crippen LogP contribution is 2.59. The molecule has 0 radical (unpaired) electrons. The largest absolute Gasteiger partial charge is 0.310 e. The third kappa shape index (κ3) is 4.21. The Hall–Kier alpha value is -6.00. The van der Waals surface area contributed by atoms with E-state index in [9.17, 15) is 0 Å². The molecule has 11 rings (SSSR count). The number of benzene rings is 8. The van der Waals surface area contributed by atoms with Crippen LogP contribution >= 0.6 is 22.7 Å². The molecular weight excluding hydrogens is 667 g/mol. The molecule has 0 bridgehead atoms. The van der Waals surface area contributed by atoms with Crippen molar-refractivity contribution in [3.63, 3.8) is 0 Å². The molecule has 2 aromatic heterocycles. The summed E-state index contributed by atoms with van der Waals surface area (Å²) < 4.78 is 5.25. The van der Waals surface area contributed by atoms with Crippen molar-refractivity contribution < 1.29 is 0 Å². The van der Waals surface area contributed by atoms with Crippen LogP contribution < -0.4 is 4.90 Å². The molecule has 0 atom stereocenters. The summed E-state index contributed by atoms with van der Waals surface area (Å²) in [6.07, 6.45) is 0. The van der Waals surface area contributed by atoms with E-state index in [1.54, 1.807) is 0 Å². The highest BCUT2D eigenvalue weighted by atomic mass is 32.1. The van der Waals surface area contributed by atoms with Gasteiger partial charge in [0.25, 0.3) is 0 Å². The lowest BCUT2D eigenvalue weighted by Gasteiger charge is -2.34. The Kier molecular flexibility index (Phi) is 6.57. The van der Waals surface area contributed by atoms with Gasteiger partial charge in [0.05, 0.1) is 11.1 Å². The molecule has 0 aliphatic heterocycles. The molecule has 1 aliphatic rings. The van der Waals surface area contributed by atoms with Gasteiger partial charge >= 0.3 is 0 Å². The summed E-state index contributed by atoms with van der Waals surface area (Å²) in [5.41, 5.74) is 10.7. The summed E-state index contributed by atoms with van der Waals surface area (Å²) in [7, 11) is 0. The normalized spacial score (nSPS) is 13.2. The second-order valence-electron chi connectivity index (χ2n) is 13.6. The lowest BCUT2D eigenvalue weighted by Crippen LogP contribution is -2.28. The van der Waals surface area contributed by atoms with Gasteiger partial charge in [-0.1, -0.05) is 133 Å². The van der Waals surface area contributed by atoms with E-state index in [0.717, 1.165) is 11.4 Å². The Bertz CT molecular complexity index is 2820. The molecule has 0 saturated carbocycles. The van der Waals surface area contributed by atoms with E-state index in [4.69, 9.17) is 0 Å². The maximum Gasteiger partial charge on any atom is 0.0714 e. The van der Waals surface area contributed by atoms with Gasteiger partial charge in [0, 0.05) is 57.3 Å². The molecular formula is C49H31NS2. The number of nitrogens with zero attached hydrogens (tertiary/aromatic N) is 1. The van der Waals surface area contributed by atoms with Gasteiger partial charge in [0.1, 0.15) is 0 Å². The molecule has 10 aromatic rings. The minimum absolute atomic E-state index is 0.475. The van der Waals surface area contributed by atoms with Gasteiger partial charge < -0.3 is 4.90 Å². The molecule has 8 aromatic carbocycles. The fourth-order valence-electron chi connectivity index (χ4n) is 8.79. The maximum atomic E-state index is 2.51. The van der Waals surface area contributed by atoms with Crippen LogP contribution in [0.4, 0.5) is 17.1 Å². The zero-order valence-electron chi connectivity index (χ0n) is 28.2. The van der Waals surface area contributed by atoms with Crippen molar-refractivity contribution in [1.82, 2.24) is 0 Å². The molecule has 52 heavy (non-hydrogen) atoms. The van der Waals surface area contributed by atoms with E-state index in [1.165, 1.54) is 79.4 Å². The molecule has 0 amide bonds. The zero-order chi connectivity index (χ0) is 34.2. The highest BCUT2D eigenvalue weighted by molar-refractivity contribution is 7.26. The van der Waals surface area contributed by atoms with Gasteiger partial charge in [0.15, 0.2) is 0 Å². The third-order valence-electron chi connectivity index (χ3n) is 10.9. The molecule has 0 saturated heterocycles. The minimum atomic E-state index is -0.475. The number of anilines is 3. The van der Waals surface area contributed by atoms with Crippen LogP contribution in [0, 0.1) is 0 Å². The summed E-state index contributed by atoms with van der Waals surface area (Å²) in [5, 5.41) is 5.20. The third-order valence-corrected chi connectivity index (χ3v) is 13.2. The van der Waals surface area contributed by atoms with E-state index in [2.05, 4.69) is 193 Å². The zero-order valence-corrected chi connectivity index (χ0v) is 29.8. The molecule has 0 unspecified atom stereocenters. The van der Waals surface area contributed by atoms with Crippen LogP contribution in [0.25, 0.3) is 51.5 Å². The minimum Gasteiger partial charge on any atom is -0.310 e. The smallest absolute Gasteiger partial charge is 0.0714 e. The van der Waals surface area contributed by atoms with E-state index in [0.29, 0.717) is 0 Å². The van der Waals surface area contributed by atoms with Gasteiger partial charge in [-0.2, -0.15) is 0 Å². The number of fused-ring (bicyclic) bond motifs is 9. The van der Waals surface area contributed by atoms with Crippen LogP contribution in [0.3, 0.4) is 0 Å². The Morgan fingerprint density at radius 3 is 1.44 bits per heavy atom. The second-order valence-corrected chi connectivity index (χ2v) is 15.8. The summed E-state index contributed by atoms with van der Waals surface area (Å²) in [5.74, 6) is 0. The van der Waals surface area contributed by atoms with Crippen LogP contribution in [-0.2, 0) is 5.41 Å². The molecule has 244 valence electrons. The van der Waals surface area contributed by atoms with Crippen molar-refractivity contribution in [3.8, 4) is 11.1 Å². The quantitative estimate of drug-likeness (QED) is 0.173. The maximum absolute atomic E-state index is 2.51. The van der Waals surface area contributed by atoms with E-state index in [1.807, 2.05) is 22.7 Å². The van der Waals surface area contributed by atoms with Gasteiger partial charge in [-0.25, -0.2) is 0 Å². The second kappa shape index (κ2) is 11.5. The molecule has 1 aliphatic carbocycles. The first-order valence-corrected chi connectivity index (χ1v) is 19.4. The Morgan fingerprint density at radius 1 is 0.365 bits per heavy atom. The molecule has 0 spiro atoms. The van der Waals surface area contributed by atoms with E-state index in [-0.39, 0.29) is 0 Å². The Labute approximate surface area is 310 Å². The van der Waals surface area contributed by atoms with E-state index < -0.39 is 5.41 Å². The van der Waals surface area contributed by atoms with Crippen LogP contribution in [0.5, 0.6) is 0 Å². The molecule has 0 N–H and O–H groups in total. The number of hydrogen-bond acceptors (Lipinski definition) is 3. The predicted molar refractivity (Wildman–Crippen MR) is 224 cm³/mol. The van der Waals surface area contributed by atoms with Crippen LogP contribution in [-0.4, -0.2) is 0 Å². The van der Waals surface area contributed by atoms with Crippen LogP contribution in [0.1, 0.15) is 22.3 Å². The van der Waals surface area contributed by atoms with Crippen molar-refractivity contribution in [1.29, 1.82) is 0 Å². The Morgan fingerprint density at radius 2 is 0.846 bits per heavy atom. The van der Waals surface area contributed by atoms with Crippen LogP contribution in [0.2, 0.25) is 0 Å². The van der Waals surface area contributed by atoms with Crippen molar-refractivity contribution in [2.75, 3.05) is 4.90 Å². The lowest BCUT2D eigenvalue weighted by molar-refractivity contribution is 0.768. The van der Waals surface area contributed by atoms with Crippen molar-refractivity contribution in [3.05, 3.63) is 210 Å². The Balaban J connectivity index is 1.24. The topological polar surface area (TPSA) is 3.24 Å². The predicted octanol–water partition coefficient (Wildman–Crippen LogP) is 14.3. The highest BCUT2D eigenvalue weighted by Gasteiger charge is 2.47. The average Bonchev–Trinajstić information content (AvgIpc) is 3.87. The lowest BCUT2D eigenvalue weighted by atomic mass is 9.68. The van der Waals surface area contributed by atoms with Crippen LogP contribution in [0.15, 0.2) is 188 Å². The first kappa shape index (κ1) is 29.7. The molecule has 3 heteroatoms. The average molecular weight is 698 g/mol. The number of rotatable bonds is 5. The summed E-state index contributed by atoms with van der Waals surface area (Å²) in [6, 6.07) is 69.9. The van der Waals surface area contributed by atoms with Gasteiger partial charge in [-0.3, -0.25) is 0 Å². The summed E-state index contributed by atoms with van der Waals surface area (Å²) in [6.45, 7) is 0. The van der Waals surface area contributed by atoms with Gasteiger partial charge in [-0.05, 0) is 82.4 Å². The van der Waals surface area contributed by atoms with Gasteiger partial charge in [0.2, 0.25) is 0 Å². The first-order chi connectivity index (χ1) is 25.8. The fraction of sp³-hybridized carbons (Fsp3) is 0.0204. The fourth-order valence-corrected chi connectivity index (χ4v) is 11.0. The summed E-state index contributed by atoms with van der Waals surface area (Å²) in [4.78, 5) is 2.51. The van der Waals surface area contributed by atoms with Crippen molar-refractivity contribution >= 4 is 80.1 Å². The summed E-state index contributed by atoms with van der Waals surface area (Å²) >= 11 is 3.73. The molecule has 1 nitrogen and oxygen atoms in total. The standard InChI is InChI=1S/C49H31NS2/c1-3-14-32(15-4-1)49(33-16-5-2-6-17-33)41-21-10-7-20-38(41)48-42(49)22-13-23-43(48)50(34-26-28-46-39(30-34)36-18-8-11-24-44(36)51-46)35-27-29-47-40(31-35)37-19-9-12-25-45(37)52-47/h1-31H. The SMILES string of the molecule is c1ccc(C2(c3ccccc3)c3ccccc3-c3c(N(c4ccc5sc6ccccc6c5c4)c4ccc5sc6ccccc6c5c4)cccc32)cc1. The molecule has 0 fully saturated rings. The van der Waals surface area contributed by atoms with Crippen molar-refractivity contribution in [2.24, 2.45) is 0 Å². The van der Waals surface area contributed by atoms with Crippen molar-refractivity contribution in [2.45, 2.75) is 5.41 Å². The number of hydrogen-bond donors (Lipinski definition) is 0. The van der Waals surface area contributed by atoms with Gasteiger partial charge in [-0.15, -0.1) is 22.7 Å². The monoisotopic (exact) mass is 697 g/mol. The molecule has 2 heterocycles.